The summed E-state index contributed by atoms with van der Waals surface area (Å²) in [6.07, 6.45) is 15.4. The molecule has 8 nitrogen and oxygen atoms in total. The Balaban J connectivity index is 1.18. The molecular weight excluding hydrogens is 555 g/mol. The molecule has 2 saturated carbocycles. The van der Waals surface area contributed by atoms with E-state index in [1.165, 1.54) is 73.9 Å². The zero-order chi connectivity index (χ0) is 30.4. The number of carbonyl (C=O) groups is 1. The summed E-state index contributed by atoms with van der Waals surface area (Å²) in [7, 11) is 0. The summed E-state index contributed by atoms with van der Waals surface area (Å²) < 4.78 is 14.7. The summed E-state index contributed by atoms with van der Waals surface area (Å²) in [6.45, 7) is 3.50. The van der Waals surface area contributed by atoms with Crippen molar-refractivity contribution < 1.29 is 9.18 Å². The summed E-state index contributed by atoms with van der Waals surface area (Å²) >= 11 is 0. The van der Waals surface area contributed by atoms with E-state index < -0.39 is 6.67 Å². The minimum atomic E-state index is -0.477. The monoisotopic (exact) mass is 596 g/mol. The number of halogens is 1. The van der Waals surface area contributed by atoms with E-state index >= 15 is 0 Å². The van der Waals surface area contributed by atoms with Crippen LogP contribution in [0.2, 0.25) is 0 Å². The first kappa shape index (κ1) is 28.9. The van der Waals surface area contributed by atoms with Crippen LogP contribution < -0.4 is 5.56 Å². The molecule has 4 heterocycles. The minimum Gasteiger partial charge on any atom is -0.335 e. The average molecular weight is 597 g/mol. The van der Waals surface area contributed by atoms with Crippen molar-refractivity contribution in [3.8, 4) is 22.6 Å². The van der Waals surface area contributed by atoms with E-state index in [4.69, 9.17) is 4.98 Å². The van der Waals surface area contributed by atoms with E-state index in [1.807, 2.05) is 19.1 Å². The molecule has 2 atom stereocenters. The quantitative estimate of drug-likeness (QED) is 0.255. The Morgan fingerprint density at radius 2 is 1.70 bits per heavy atom. The van der Waals surface area contributed by atoms with Crippen molar-refractivity contribution >= 4 is 11.6 Å². The van der Waals surface area contributed by atoms with Crippen LogP contribution in [0.4, 0.5) is 4.39 Å². The molecule has 1 amide bonds. The highest BCUT2D eigenvalue weighted by Crippen LogP contribution is 2.41. The third-order valence-corrected chi connectivity index (χ3v) is 10.7. The number of likely N-dealkylation sites (tertiary alicyclic amines) is 1. The lowest BCUT2D eigenvalue weighted by molar-refractivity contribution is 0.0142. The number of aromatic amines is 1. The normalized spacial score (nSPS) is 24.1. The second-order valence-electron chi connectivity index (χ2n) is 13.3. The van der Waals surface area contributed by atoms with Crippen molar-refractivity contribution in [3.63, 3.8) is 0 Å². The molecule has 1 N–H and O–H groups in total. The summed E-state index contributed by atoms with van der Waals surface area (Å²) in [5.41, 5.74) is 4.32. The van der Waals surface area contributed by atoms with Crippen LogP contribution in [-0.2, 0) is 0 Å². The number of nitrogens with zero attached hydrogens (tertiary/aromatic N) is 5. The van der Waals surface area contributed by atoms with E-state index in [-0.39, 0.29) is 34.6 Å². The van der Waals surface area contributed by atoms with Gasteiger partial charge in [0.25, 0.3) is 11.5 Å². The van der Waals surface area contributed by atoms with E-state index in [2.05, 4.69) is 27.2 Å². The Morgan fingerprint density at radius 3 is 2.39 bits per heavy atom. The summed E-state index contributed by atoms with van der Waals surface area (Å²) in [4.78, 5) is 42.7. The molecule has 3 aromatic heterocycles. The second kappa shape index (κ2) is 11.9. The first-order valence-corrected chi connectivity index (χ1v) is 16.3. The van der Waals surface area contributed by atoms with Gasteiger partial charge in [0.15, 0.2) is 5.65 Å². The molecule has 9 heteroatoms. The van der Waals surface area contributed by atoms with Crippen LogP contribution in [0.25, 0.3) is 28.3 Å². The standard InChI is InChI=1S/C35H41FN6O2/c1-21-32(38-16-15-37-21)33-31(35(44)41-20-28(19-36)22(41)2)34-39-29(18-30(43)42(34)40-33)27-13-11-26(12-14-27)25-9-7-24(8-10-25)17-23-5-3-4-6-23/h11-16,18,22-25,28,40H,3-10,17,19-20H2,1-2H3/t22-,24?,25?,28-/m0/s1. The van der Waals surface area contributed by atoms with Crippen molar-refractivity contribution in [1.82, 2.24) is 29.5 Å². The number of rotatable bonds is 7. The fourth-order valence-electron chi connectivity index (χ4n) is 7.86. The number of nitrogens with one attached hydrogen (secondary N) is 1. The average Bonchev–Trinajstić information content (AvgIpc) is 3.69. The molecular formula is C35H41FN6O2. The number of alkyl halides is 1. The first-order valence-electron chi connectivity index (χ1n) is 16.3. The number of aryl methyl sites for hydroxylation is 1. The Morgan fingerprint density at radius 1 is 1.00 bits per heavy atom. The predicted octanol–water partition coefficient (Wildman–Crippen LogP) is 6.74. The number of fused-ring (bicyclic) bond motifs is 1. The smallest absolute Gasteiger partial charge is 0.273 e. The van der Waals surface area contributed by atoms with Crippen LogP contribution >= 0.6 is 0 Å². The molecule has 0 spiro atoms. The molecule has 7 rings (SSSR count). The summed E-state index contributed by atoms with van der Waals surface area (Å²) in [5, 5.41) is 3.09. The summed E-state index contributed by atoms with van der Waals surface area (Å²) in [6, 6.07) is 9.69. The van der Waals surface area contributed by atoms with Gasteiger partial charge in [-0.05, 0) is 69.3 Å². The minimum absolute atomic E-state index is 0.196. The molecule has 44 heavy (non-hydrogen) atoms. The maximum absolute atomic E-state index is 14.0. The number of aromatic nitrogens is 5. The second-order valence-corrected chi connectivity index (χ2v) is 13.3. The molecule has 3 aliphatic rings. The highest BCUT2D eigenvalue weighted by atomic mass is 19.1. The third kappa shape index (κ3) is 5.24. The van der Waals surface area contributed by atoms with Crippen LogP contribution in [-0.4, -0.2) is 54.6 Å². The lowest BCUT2D eigenvalue weighted by atomic mass is 9.75. The lowest BCUT2D eigenvalue weighted by Gasteiger charge is -2.45. The highest BCUT2D eigenvalue weighted by molar-refractivity contribution is 6.06. The first-order chi connectivity index (χ1) is 21.4. The van der Waals surface area contributed by atoms with Crippen molar-refractivity contribution in [2.24, 2.45) is 17.8 Å². The van der Waals surface area contributed by atoms with Crippen LogP contribution in [0.5, 0.6) is 0 Å². The maximum Gasteiger partial charge on any atom is 0.273 e. The fourth-order valence-corrected chi connectivity index (χ4v) is 7.86. The fraction of sp³-hybridized carbons (Fsp3) is 0.514. The van der Waals surface area contributed by atoms with Gasteiger partial charge in [-0.3, -0.25) is 29.0 Å². The molecule has 3 fully saturated rings. The molecule has 1 saturated heterocycles. The number of benzene rings is 1. The van der Waals surface area contributed by atoms with Crippen LogP contribution in [0, 0.1) is 24.7 Å². The number of hydrogen-bond donors (Lipinski definition) is 1. The van der Waals surface area contributed by atoms with Crippen LogP contribution in [0.15, 0.2) is 47.5 Å². The van der Waals surface area contributed by atoms with Gasteiger partial charge in [-0.15, -0.1) is 0 Å². The molecule has 0 radical (unpaired) electrons. The Bertz CT molecular complexity index is 1720. The lowest BCUT2D eigenvalue weighted by Crippen LogP contribution is -2.58. The number of amides is 1. The van der Waals surface area contributed by atoms with Gasteiger partial charge in [-0.25, -0.2) is 9.50 Å². The topological polar surface area (TPSA) is 96.2 Å². The largest absolute Gasteiger partial charge is 0.335 e. The third-order valence-electron chi connectivity index (χ3n) is 10.7. The summed E-state index contributed by atoms with van der Waals surface area (Å²) in [5.74, 6) is 1.92. The molecule has 4 aromatic rings. The van der Waals surface area contributed by atoms with Crippen molar-refractivity contribution in [2.45, 2.75) is 83.6 Å². The van der Waals surface area contributed by atoms with E-state index in [1.54, 1.807) is 24.2 Å². The van der Waals surface area contributed by atoms with E-state index in [9.17, 15) is 14.0 Å². The van der Waals surface area contributed by atoms with E-state index in [0.29, 0.717) is 35.2 Å². The van der Waals surface area contributed by atoms with Gasteiger partial charge in [0.1, 0.15) is 11.3 Å². The zero-order valence-electron chi connectivity index (χ0n) is 25.6. The van der Waals surface area contributed by atoms with Gasteiger partial charge in [0, 0.05) is 42.5 Å². The van der Waals surface area contributed by atoms with Crippen molar-refractivity contribution in [2.75, 3.05) is 13.2 Å². The molecule has 2 aliphatic carbocycles. The van der Waals surface area contributed by atoms with Gasteiger partial charge in [-0.2, -0.15) is 0 Å². The van der Waals surface area contributed by atoms with Gasteiger partial charge in [0.2, 0.25) is 0 Å². The zero-order valence-corrected chi connectivity index (χ0v) is 25.6. The molecule has 1 aliphatic heterocycles. The predicted molar refractivity (Wildman–Crippen MR) is 168 cm³/mol. The van der Waals surface area contributed by atoms with Gasteiger partial charge in [0.05, 0.1) is 23.8 Å². The Hall–Kier alpha value is -3.88. The van der Waals surface area contributed by atoms with Gasteiger partial charge >= 0.3 is 0 Å². The van der Waals surface area contributed by atoms with Gasteiger partial charge < -0.3 is 4.90 Å². The molecule has 1 aromatic carbocycles. The highest BCUT2D eigenvalue weighted by Gasteiger charge is 2.41. The Labute approximate surface area is 257 Å². The molecule has 0 unspecified atom stereocenters. The molecule has 230 valence electrons. The molecule has 0 bridgehead atoms. The number of H-pyrrole nitrogens is 1. The van der Waals surface area contributed by atoms with Crippen LogP contribution in [0.3, 0.4) is 0 Å². The number of hydrogen-bond acceptors (Lipinski definition) is 5. The van der Waals surface area contributed by atoms with Crippen molar-refractivity contribution in [1.29, 1.82) is 0 Å². The Kier molecular flexibility index (Phi) is 7.81. The van der Waals surface area contributed by atoms with Crippen LogP contribution in [0.1, 0.15) is 92.2 Å². The van der Waals surface area contributed by atoms with Crippen molar-refractivity contribution in [3.05, 3.63) is 69.9 Å². The number of carbonyl (C=O) groups excluding carboxylic acids is 1. The van der Waals surface area contributed by atoms with Gasteiger partial charge in [-0.1, -0.05) is 49.9 Å². The SMILES string of the molecule is Cc1nccnc1-c1[nH]n2c(=O)cc(-c3ccc(C4CCC(CC5CCCC5)CC4)cc3)nc2c1C(=O)N1C[C@H](CF)[C@@H]1C. The van der Waals surface area contributed by atoms with E-state index in [0.717, 1.165) is 17.4 Å². The maximum atomic E-state index is 14.0.